The monoisotopic (exact) mass is 303 g/mol. The van der Waals surface area contributed by atoms with Gasteiger partial charge < -0.3 is 10.2 Å². The van der Waals surface area contributed by atoms with Crippen LogP contribution in [0.15, 0.2) is 29.2 Å². The van der Waals surface area contributed by atoms with Gasteiger partial charge in [-0.2, -0.15) is 0 Å². The van der Waals surface area contributed by atoms with Crippen molar-refractivity contribution in [2.24, 2.45) is 0 Å². The van der Waals surface area contributed by atoms with Gasteiger partial charge in [0.25, 0.3) is 0 Å². The molecule has 1 N–H and O–H groups in total. The number of fused-ring (bicyclic) bond motifs is 1. The molecule has 0 spiro atoms. The van der Waals surface area contributed by atoms with Gasteiger partial charge in [0.05, 0.1) is 5.92 Å². The van der Waals surface area contributed by atoms with Crippen molar-refractivity contribution in [1.82, 2.24) is 15.1 Å². The van der Waals surface area contributed by atoms with Crippen LogP contribution in [0, 0.1) is 0 Å². The highest BCUT2D eigenvalue weighted by molar-refractivity contribution is 7.99. The largest absolute Gasteiger partial charge is 0.339 e. The molecule has 1 atom stereocenters. The number of amides is 1. The zero-order valence-corrected chi connectivity index (χ0v) is 12.9. The van der Waals surface area contributed by atoms with Crippen molar-refractivity contribution in [3.63, 3.8) is 0 Å². The summed E-state index contributed by atoms with van der Waals surface area (Å²) in [6.45, 7) is 6.24. The van der Waals surface area contributed by atoms with Gasteiger partial charge in [-0.05, 0) is 11.6 Å². The summed E-state index contributed by atoms with van der Waals surface area (Å²) < 4.78 is 0. The molecule has 0 saturated carbocycles. The lowest BCUT2D eigenvalue weighted by Gasteiger charge is -2.47. The fourth-order valence-corrected chi connectivity index (χ4v) is 4.72. The maximum atomic E-state index is 12.7. The number of rotatable bonds is 2. The lowest BCUT2D eigenvalue weighted by molar-refractivity contribution is -0.140. The van der Waals surface area contributed by atoms with Gasteiger partial charge in [0, 0.05) is 56.0 Å². The minimum absolute atomic E-state index is 0.0789. The summed E-state index contributed by atoms with van der Waals surface area (Å²) in [5.74, 6) is 1.32. The summed E-state index contributed by atoms with van der Waals surface area (Å²) >= 11 is 1.82. The summed E-state index contributed by atoms with van der Waals surface area (Å²) in [5.41, 5.74) is 1.23. The third-order valence-corrected chi connectivity index (χ3v) is 6.02. The maximum absolute atomic E-state index is 12.7. The van der Waals surface area contributed by atoms with Gasteiger partial charge in [-0.1, -0.05) is 18.2 Å². The quantitative estimate of drug-likeness (QED) is 0.884. The van der Waals surface area contributed by atoms with E-state index in [1.54, 1.807) is 0 Å². The number of likely N-dealkylation sites (tertiary alicyclic amines) is 1. The fraction of sp³-hybridized carbons (Fsp3) is 0.562. The molecule has 21 heavy (non-hydrogen) atoms. The van der Waals surface area contributed by atoms with Crippen molar-refractivity contribution in [2.75, 3.05) is 45.0 Å². The number of hydrogen-bond acceptors (Lipinski definition) is 4. The molecule has 4 rings (SSSR count). The van der Waals surface area contributed by atoms with Gasteiger partial charge >= 0.3 is 0 Å². The number of nitrogens with one attached hydrogen (secondary N) is 1. The van der Waals surface area contributed by atoms with Gasteiger partial charge in [0.15, 0.2) is 0 Å². The molecule has 5 heteroatoms. The molecule has 1 aromatic carbocycles. The Hall–Kier alpha value is -1.04. The van der Waals surface area contributed by atoms with Crippen LogP contribution < -0.4 is 5.32 Å². The van der Waals surface area contributed by atoms with Gasteiger partial charge in [0.2, 0.25) is 5.91 Å². The Morgan fingerprint density at radius 2 is 1.95 bits per heavy atom. The van der Waals surface area contributed by atoms with Crippen LogP contribution in [0.5, 0.6) is 0 Å². The summed E-state index contributed by atoms with van der Waals surface area (Å²) in [7, 11) is 0. The van der Waals surface area contributed by atoms with Crippen molar-refractivity contribution in [1.29, 1.82) is 0 Å². The summed E-state index contributed by atoms with van der Waals surface area (Å²) in [6, 6.07) is 8.94. The van der Waals surface area contributed by atoms with Crippen molar-refractivity contribution >= 4 is 17.7 Å². The molecule has 2 fully saturated rings. The molecule has 0 aliphatic carbocycles. The van der Waals surface area contributed by atoms with Crippen molar-refractivity contribution in [2.45, 2.75) is 16.9 Å². The highest BCUT2D eigenvalue weighted by Crippen LogP contribution is 2.40. The van der Waals surface area contributed by atoms with Gasteiger partial charge in [0.1, 0.15) is 0 Å². The molecule has 0 aromatic heterocycles. The standard InChI is InChI=1S/C16H21N3OS/c20-16(14-11-21-15-4-2-1-3-13(14)15)19-9-12(10-19)18-7-5-17-6-8-18/h1-4,12,14,17H,5-11H2. The topological polar surface area (TPSA) is 35.6 Å². The van der Waals surface area contributed by atoms with E-state index in [4.69, 9.17) is 0 Å². The smallest absolute Gasteiger partial charge is 0.231 e. The zero-order valence-electron chi connectivity index (χ0n) is 12.1. The second kappa shape index (κ2) is 5.63. The van der Waals surface area contributed by atoms with E-state index in [9.17, 15) is 4.79 Å². The van der Waals surface area contributed by atoms with Crippen LogP contribution in [0.25, 0.3) is 0 Å². The number of thioether (sulfide) groups is 1. The molecule has 1 unspecified atom stereocenters. The molecule has 3 aliphatic heterocycles. The summed E-state index contributed by atoms with van der Waals surface area (Å²) in [6.07, 6.45) is 0. The molecular weight excluding hydrogens is 282 g/mol. The first-order chi connectivity index (χ1) is 10.3. The van der Waals surface area contributed by atoms with E-state index in [-0.39, 0.29) is 5.92 Å². The molecule has 1 amide bonds. The SMILES string of the molecule is O=C(C1CSc2ccccc21)N1CC(N2CCNCC2)C1. The normalized spacial score (nSPS) is 26.5. The predicted octanol–water partition coefficient (Wildman–Crippen LogP) is 0.992. The first kappa shape index (κ1) is 13.6. The van der Waals surface area contributed by atoms with E-state index >= 15 is 0 Å². The molecule has 1 aromatic rings. The van der Waals surface area contributed by atoms with Crippen molar-refractivity contribution in [3.05, 3.63) is 29.8 Å². The predicted molar refractivity (Wildman–Crippen MR) is 84.7 cm³/mol. The highest BCUT2D eigenvalue weighted by Gasteiger charge is 2.40. The van der Waals surface area contributed by atoms with Gasteiger partial charge in [-0.25, -0.2) is 0 Å². The van der Waals surface area contributed by atoms with Crippen LogP contribution in [0.1, 0.15) is 11.5 Å². The third kappa shape index (κ3) is 2.47. The number of nitrogens with zero attached hydrogens (tertiary/aromatic N) is 2. The van der Waals surface area contributed by atoms with E-state index in [2.05, 4.69) is 33.3 Å². The Balaban J connectivity index is 1.37. The second-order valence-electron chi connectivity index (χ2n) is 6.08. The van der Waals surface area contributed by atoms with E-state index < -0.39 is 0 Å². The highest BCUT2D eigenvalue weighted by atomic mass is 32.2. The molecule has 3 heterocycles. The number of carbonyl (C=O) groups excluding carboxylic acids is 1. The number of benzene rings is 1. The van der Waals surface area contributed by atoms with Crippen LogP contribution in [-0.2, 0) is 4.79 Å². The maximum Gasteiger partial charge on any atom is 0.231 e. The average molecular weight is 303 g/mol. The Bertz CT molecular complexity index is 538. The van der Waals surface area contributed by atoms with E-state index in [0.29, 0.717) is 11.9 Å². The molecule has 2 saturated heterocycles. The van der Waals surface area contributed by atoms with E-state index in [0.717, 1.165) is 45.0 Å². The second-order valence-corrected chi connectivity index (χ2v) is 7.15. The first-order valence-electron chi connectivity index (χ1n) is 7.78. The number of hydrogen-bond donors (Lipinski definition) is 1. The Morgan fingerprint density at radius 3 is 2.76 bits per heavy atom. The van der Waals surface area contributed by atoms with Crippen LogP contribution in [0.4, 0.5) is 0 Å². The minimum Gasteiger partial charge on any atom is -0.339 e. The molecule has 4 nitrogen and oxygen atoms in total. The third-order valence-electron chi connectivity index (χ3n) is 4.84. The molecule has 3 aliphatic rings. The minimum atomic E-state index is 0.0789. The van der Waals surface area contributed by atoms with Gasteiger partial charge in [-0.3, -0.25) is 9.69 Å². The van der Waals surface area contributed by atoms with Crippen LogP contribution in [0.2, 0.25) is 0 Å². The number of piperazine rings is 1. The van der Waals surface area contributed by atoms with E-state index in [1.807, 2.05) is 17.8 Å². The fourth-order valence-electron chi connectivity index (χ4n) is 3.50. The summed E-state index contributed by atoms with van der Waals surface area (Å²) in [4.78, 5) is 18.6. The average Bonchev–Trinajstić information content (AvgIpc) is 2.90. The summed E-state index contributed by atoms with van der Waals surface area (Å²) in [5, 5.41) is 3.38. The lowest BCUT2D eigenvalue weighted by atomic mass is 9.96. The van der Waals surface area contributed by atoms with E-state index in [1.165, 1.54) is 10.5 Å². The Labute approximate surface area is 129 Å². The molecule has 0 bridgehead atoms. The molecule has 0 radical (unpaired) electrons. The first-order valence-corrected chi connectivity index (χ1v) is 8.77. The Kier molecular flexibility index (Phi) is 3.65. The molecule has 112 valence electrons. The number of carbonyl (C=O) groups is 1. The Morgan fingerprint density at radius 1 is 1.19 bits per heavy atom. The van der Waals surface area contributed by atoms with Crippen LogP contribution in [-0.4, -0.2) is 66.8 Å². The van der Waals surface area contributed by atoms with Crippen LogP contribution >= 0.6 is 11.8 Å². The molecular formula is C16H21N3OS. The van der Waals surface area contributed by atoms with Crippen LogP contribution in [0.3, 0.4) is 0 Å². The lowest BCUT2D eigenvalue weighted by Crippen LogP contribution is -2.64. The van der Waals surface area contributed by atoms with Crippen molar-refractivity contribution < 1.29 is 4.79 Å². The van der Waals surface area contributed by atoms with Gasteiger partial charge in [-0.15, -0.1) is 11.8 Å². The van der Waals surface area contributed by atoms with Crippen molar-refractivity contribution in [3.8, 4) is 0 Å². The zero-order chi connectivity index (χ0) is 14.2.